The Hall–Kier alpha value is -2.07. The summed E-state index contributed by atoms with van der Waals surface area (Å²) in [5.41, 5.74) is 1.80. The van der Waals surface area contributed by atoms with E-state index in [1.165, 1.54) is 7.11 Å². The van der Waals surface area contributed by atoms with E-state index < -0.39 is 6.61 Å². The van der Waals surface area contributed by atoms with Gasteiger partial charge in [0.05, 0.1) is 12.5 Å². The summed E-state index contributed by atoms with van der Waals surface area (Å²) in [7, 11) is 1.54. The third-order valence-electron chi connectivity index (χ3n) is 2.70. The molecule has 0 amide bonds. The van der Waals surface area contributed by atoms with Crippen LogP contribution in [0, 0.1) is 0 Å². The van der Waals surface area contributed by atoms with Gasteiger partial charge in [0.2, 0.25) is 0 Å². The van der Waals surface area contributed by atoms with Crippen molar-refractivity contribution in [1.82, 2.24) is 0 Å². The summed E-state index contributed by atoms with van der Waals surface area (Å²) in [6.07, 6.45) is 0. The number of methoxy groups -OCH3 is 1. The average Bonchev–Trinajstić information content (AvgIpc) is 2.75. The number of ketones is 1. The van der Waals surface area contributed by atoms with Crippen molar-refractivity contribution < 1.29 is 19.1 Å². The van der Waals surface area contributed by atoms with Crippen LogP contribution in [-0.4, -0.2) is 24.6 Å². The Morgan fingerprint density at radius 2 is 2.22 bits per heavy atom. The largest absolute Gasteiger partial charge is 0.492 e. The van der Waals surface area contributed by atoms with Gasteiger partial charge in [-0.2, -0.15) is 0 Å². The van der Waals surface area contributed by atoms with E-state index >= 15 is 0 Å². The molecule has 0 unspecified atom stereocenters. The molecule has 1 heterocycles. The fraction of sp³-hybridized carbons (Fsp3) is 0.214. The molecule has 0 saturated carbocycles. The highest BCUT2D eigenvalue weighted by molar-refractivity contribution is 6.01. The average molecular weight is 246 g/mol. The van der Waals surface area contributed by atoms with Gasteiger partial charge >= 0.3 is 0 Å². The third-order valence-corrected chi connectivity index (χ3v) is 2.70. The maximum absolute atomic E-state index is 11.5. The van der Waals surface area contributed by atoms with Crippen LogP contribution in [0.25, 0.3) is 16.5 Å². The Labute approximate surface area is 104 Å². The van der Waals surface area contributed by atoms with E-state index in [0.717, 1.165) is 5.57 Å². The molecule has 0 aliphatic heterocycles. The first kappa shape index (κ1) is 12.4. The lowest BCUT2D eigenvalue weighted by molar-refractivity contribution is 0.0904. The molecule has 1 aromatic heterocycles. The van der Waals surface area contributed by atoms with E-state index in [1.54, 1.807) is 18.2 Å². The molecule has 0 atom stereocenters. The molecular formula is C14H14O4. The summed E-state index contributed by atoms with van der Waals surface area (Å²) in [6, 6.07) is 4.96. The number of rotatable bonds is 4. The number of carbonyl (C=O) groups excluding carboxylic acids is 1. The second-order valence-electron chi connectivity index (χ2n) is 4.04. The summed E-state index contributed by atoms with van der Waals surface area (Å²) in [5.74, 6) is 0.795. The second kappa shape index (κ2) is 4.66. The van der Waals surface area contributed by atoms with Gasteiger partial charge in [0.1, 0.15) is 12.2 Å². The molecule has 4 nitrogen and oxygen atoms in total. The van der Waals surface area contributed by atoms with Gasteiger partial charge in [-0.3, -0.25) is 4.79 Å². The fourth-order valence-electron chi connectivity index (χ4n) is 1.82. The van der Waals surface area contributed by atoms with E-state index in [0.29, 0.717) is 28.0 Å². The SMILES string of the molecule is C=C(C)c1oc2ccc(C(=O)CO)cc2c1OC. The molecule has 0 fully saturated rings. The number of furan rings is 1. The molecule has 2 aromatic rings. The van der Waals surface area contributed by atoms with Crippen LogP contribution >= 0.6 is 0 Å². The van der Waals surface area contributed by atoms with Crippen LogP contribution < -0.4 is 4.74 Å². The van der Waals surface area contributed by atoms with Gasteiger partial charge < -0.3 is 14.3 Å². The summed E-state index contributed by atoms with van der Waals surface area (Å²) >= 11 is 0. The van der Waals surface area contributed by atoms with Crippen molar-refractivity contribution in [3.8, 4) is 5.75 Å². The van der Waals surface area contributed by atoms with E-state index in [1.807, 2.05) is 6.92 Å². The molecule has 0 bridgehead atoms. The first-order valence-corrected chi connectivity index (χ1v) is 5.49. The van der Waals surface area contributed by atoms with Gasteiger partial charge in [-0.25, -0.2) is 0 Å². The van der Waals surface area contributed by atoms with Crippen molar-refractivity contribution >= 4 is 22.3 Å². The molecule has 0 aliphatic carbocycles. The summed E-state index contributed by atoms with van der Waals surface area (Å²) in [4.78, 5) is 11.5. The van der Waals surface area contributed by atoms with Crippen LogP contribution in [0.3, 0.4) is 0 Å². The minimum absolute atomic E-state index is 0.336. The van der Waals surface area contributed by atoms with Crippen molar-refractivity contribution in [1.29, 1.82) is 0 Å². The van der Waals surface area contributed by atoms with Crippen molar-refractivity contribution in [2.45, 2.75) is 6.92 Å². The number of benzene rings is 1. The monoisotopic (exact) mass is 246 g/mol. The number of allylic oxidation sites excluding steroid dienone is 1. The minimum atomic E-state index is -0.515. The molecule has 0 saturated heterocycles. The number of aliphatic hydroxyl groups excluding tert-OH is 1. The van der Waals surface area contributed by atoms with Crippen molar-refractivity contribution in [3.63, 3.8) is 0 Å². The predicted octanol–water partition coefficient (Wildman–Crippen LogP) is 2.65. The maximum Gasteiger partial charge on any atom is 0.188 e. The maximum atomic E-state index is 11.5. The number of aliphatic hydroxyl groups is 1. The van der Waals surface area contributed by atoms with Gasteiger partial charge in [-0.15, -0.1) is 0 Å². The lowest BCUT2D eigenvalue weighted by Gasteiger charge is -2.00. The highest BCUT2D eigenvalue weighted by Crippen LogP contribution is 2.36. The highest BCUT2D eigenvalue weighted by atomic mass is 16.5. The van der Waals surface area contributed by atoms with Crippen molar-refractivity contribution in [3.05, 3.63) is 36.1 Å². The number of fused-ring (bicyclic) bond motifs is 1. The second-order valence-corrected chi connectivity index (χ2v) is 4.04. The van der Waals surface area contributed by atoms with Gasteiger partial charge in [0.15, 0.2) is 17.3 Å². The predicted molar refractivity (Wildman–Crippen MR) is 68.9 cm³/mol. The Balaban J connectivity index is 2.68. The molecule has 0 spiro atoms. The van der Waals surface area contributed by atoms with E-state index in [9.17, 15) is 4.79 Å². The zero-order valence-corrected chi connectivity index (χ0v) is 10.3. The zero-order valence-electron chi connectivity index (χ0n) is 10.3. The van der Waals surface area contributed by atoms with Gasteiger partial charge in [-0.05, 0) is 30.7 Å². The number of hydrogen-bond donors (Lipinski definition) is 1. The quantitative estimate of drug-likeness (QED) is 0.842. The molecule has 1 aromatic carbocycles. The fourth-order valence-corrected chi connectivity index (χ4v) is 1.82. The molecule has 4 heteroatoms. The highest BCUT2D eigenvalue weighted by Gasteiger charge is 2.17. The molecule has 94 valence electrons. The minimum Gasteiger partial charge on any atom is -0.492 e. The summed E-state index contributed by atoms with van der Waals surface area (Å²) in [5, 5.41) is 9.57. The lowest BCUT2D eigenvalue weighted by atomic mass is 10.1. The Morgan fingerprint density at radius 1 is 1.50 bits per heavy atom. The topological polar surface area (TPSA) is 59.7 Å². The smallest absolute Gasteiger partial charge is 0.188 e. The molecule has 1 N–H and O–H groups in total. The molecule has 0 radical (unpaired) electrons. The van der Waals surface area contributed by atoms with Crippen molar-refractivity contribution in [2.24, 2.45) is 0 Å². The number of carbonyl (C=O) groups is 1. The van der Waals surface area contributed by atoms with Crippen LogP contribution in [0.1, 0.15) is 23.0 Å². The Kier molecular flexibility index (Phi) is 3.21. The summed E-state index contributed by atoms with van der Waals surface area (Å²) in [6.45, 7) is 5.13. The van der Waals surface area contributed by atoms with E-state index in [-0.39, 0.29) is 5.78 Å². The zero-order chi connectivity index (χ0) is 13.3. The number of ether oxygens (including phenoxy) is 1. The molecule has 2 rings (SSSR count). The summed E-state index contributed by atoms with van der Waals surface area (Å²) < 4.78 is 10.9. The lowest BCUT2D eigenvalue weighted by Crippen LogP contribution is -2.03. The van der Waals surface area contributed by atoms with Gasteiger partial charge in [-0.1, -0.05) is 6.58 Å². The van der Waals surface area contributed by atoms with Crippen LogP contribution in [0.15, 0.2) is 29.2 Å². The third kappa shape index (κ3) is 1.91. The number of hydrogen-bond acceptors (Lipinski definition) is 4. The van der Waals surface area contributed by atoms with Gasteiger partial charge in [0.25, 0.3) is 0 Å². The standard InChI is InChI=1S/C14H14O4/c1-8(2)13-14(17-3)10-6-9(11(16)7-15)4-5-12(10)18-13/h4-6,15H,1,7H2,2-3H3. The van der Waals surface area contributed by atoms with Crippen molar-refractivity contribution in [2.75, 3.05) is 13.7 Å². The molecular weight excluding hydrogens is 232 g/mol. The van der Waals surface area contributed by atoms with Crippen LogP contribution in [-0.2, 0) is 0 Å². The van der Waals surface area contributed by atoms with Gasteiger partial charge in [0, 0.05) is 5.56 Å². The molecule has 0 aliphatic rings. The first-order chi connectivity index (χ1) is 8.58. The molecule has 18 heavy (non-hydrogen) atoms. The van der Waals surface area contributed by atoms with Crippen LogP contribution in [0.5, 0.6) is 5.75 Å². The normalized spacial score (nSPS) is 10.6. The van der Waals surface area contributed by atoms with Crippen LogP contribution in [0.2, 0.25) is 0 Å². The Morgan fingerprint density at radius 3 is 2.78 bits per heavy atom. The van der Waals surface area contributed by atoms with E-state index in [4.69, 9.17) is 14.3 Å². The van der Waals surface area contributed by atoms with Crippen LogP contribution in [0.4, 0.5) is 0 Å². The Bertz CT molecular complexity index is 622. The van der Waals surface area contributed by atoms with E-state index in [2.05, 4.69) is 6.58 Å². The number of Topliss-reactive ketones (excluding diaryl/α,β-unsaturated/α-hetero) is 1. The first-order valence-electron chi connectivity index (χ1n) is 5.49.